The van der Waals surface area contributed by atoms with Gasteiger partial charge in [-0.05, 0) is 38.2 Å². The molecule has 1 aliphatic carbocycles. The van der Waals surface area contributed by atoms with E-state index in [1.165, 1.54) is 11.1 Å². The quantitative estimate of drug-likeness (QED) is 0.536. The van der Waals surface area contributed by atoms with Gasteiger partial charge < -0.3 is 20.3 Å². The van der Waals surface area contributed by atoms with Crippen LogP contribution in [0.1, 0.15) is 42.9 Å². The number of aliphatic imine (C=N–C) groups is 1. The average Bonchev–Trinajstić information content (AvgIpc) is 3.60. The van der Waals surface area contributed by atoms with Gasteiger partial charge in [0.15, 0.2) is 5.96 Å². The number of piperazine rings is 1. The van der Waals surface area contributed by atoms with Crippen LogP contribution in [0.15, 0.2) is 29.3 Å². The molecule has 7 heteroatoms. The molecule has 2 heterocycles. The van der Waals surface area contributed by atoms with Gasteiger partial charge in [-0.2, -0.15) is 0 Å². The Morgan fingerprint density at radius 2 is 1.87 bits per heavy atom. The van der Waals surface area contributed by atoms with Gasteiger partial charge in [-0.15, -0.1) is 0 Å². The lowest BCUT2D eigenvalue weighted by atomic mass is 9.89. The first-order chi connectivity index (χ1) is 15.1. The molecule has 3 aliphatic rings. The van der Waals surface area contributed by atoms with Crippen LogP contribution in [-0.4, -0.2) is 80.6 Å². The molecule has 1 aromatic carbocycles. The molecule has 1 saturated carbocycles. The number of rotatable bonds is 6. The fraction of sp³-hybridized carbons (Fsp3) is 0.667. The minimum Gasteiger partial charge on any atom is -0.373 e. The fourth-order valence-electron chi connectivity index (χ4n) is 4.55. The van der Waals surface area contributed by atoms with Crippen molar-refractivity contribution < 1.29 is 9.53 Å². The summed E-state index contributed by atoms with van der Waals surface area (Å²) in [5.74, 6) is 1.55. The van der Waals surface area contributed by atoms with Crippen molar-refractivity contribution in [3.63, 3.8) is 0 Å². The first kappa shape index (κ1) is 22.1. The highest BCUT2D eigenvalue weighted by Crippen LogP contribution is 2.33. The Kier molecular flexibility index (Phi) is 7.45. The number of ether oxygens (including phenoxy) is 1. The number of amides is 1. The SMILES string of the molecule is CN=C(NCC1CCCOC1c1ccc(C)cc1)N1CCN(CC(=O)NC2CC2)CC1. The number of nitrogens with zero attached hydrogens (tertiary/aromatic N) is 3. The van der Waals surface area contributed by atoms with Gasteiger partial charge in [-0.1, -0.05) is 29.8 Å². The van der Waals surface area contributed by atoms with E-state index < -0.39 is 0 Å². The number of benzene rings is 1. The third-order valence-electron chi connectivity index (χ3n) is 6.57. The van der Waals surface area contributed by atoms with Crippen molar-refractivity contribution in [2.24, 2.45) is 10.9 Å². The van der Waals surface area contributed by atoms with Crippen LogP contribution in [0, 0.1) is 12.8 Å². The number of hydrogen-bond acceptors (Lipinski definition) is 4. The van der Waals surface area contributed by atoms with Crippen LogP contribution >= 0.6 is 0 Å². The molecular formula is C24H37N5O2. The Bertz CT molecular complexity index is 754. The van der Waals surface area contributed by atoms with Crippen LogP contribution in [0.2, 0.25) is 0 Å². The lowest BCUT2D eigenvalue weighted by molar-refractivity contribution is -0.122. The first-order valence-electron chi connectivity index (χ1n) is 11.8. The third kappa shape index (κ3) is 6.20. The van der Waals surface area contributed by atoms with Gasteiger partial charge in [-0.3, -0.25) is 14.7 Å². The Labute approximate surface area is 186 Å². The van der Waals surface area contributed by atoms with Crippen LogP contribution in [0.3, 0.4) is 0 Å². The normalized spacial score (nSPS) is 25.4. The zero-order valence-corrected chi connectivity index (χ0v) is 19.0. The minimum absolute atomic E-state index is 0.141. The van der Waals surface area contributed by atoms with Crippen LogP contribution in [0.4, 0.5) is 0 Å². The largest absolute Gasteiger partial charge is 0.373 e. The lowest BCUT2D eigenvalue weighted by Gasteiger charge is -2.37. The van der Waals surface area contributed by atoms with Gasteiger partial charge in [0, 0.05) is 58.3 Å². The second-order valence-corrected chi connectivity index (χ2v) is 9.14. The van der Waals surface area contributed by atoms with Crippen molar-refractivity contribution in [2.75, 3.05) is 52.9 Å². The van der Waals surface area contributed by atoms with E-state index in [1.807, 2.05) is 7.05 Å². The molecule has 1 amide bonds. The van der Waals surface area contributed by atoms with Crippen LogP contribution in [0.25, 0.3) is 0 Å². The molecule has 0 radical (unpaired) electrons. The summed E-state index contributed by atoms with van der Waals surface area (Å²) in [7, 11) is 1.85. The standard InChI is InChI=1S/C24H37N5O2/c1-18-5-7-19(8-6-18)23-20(4-3-15-31-23)16-26-24(25-2)29-13-11-28(12-14-29)17-22(30)27-21-9-10-21/h5-8,20-21,23H,3-4,9-17H2,1-2H3,(H,25,26)(H,27,30). The lowest BCUT2D eigenvalue weighted by Crippen LogP contribution is -2.54. The molecule has 0 spiro atoms. The third-order valence-corrected chi connectivity index (χ3v) is 6.57. The van der Waals surface area contributed by atoms with Crippen molar-refractivity contribution >= 4 is 11.9 Å². The minimum atomic E-state index is 0.141. The molecule has 3 fully saturated rings. The van der Waals surface area contributed by atoms with E-state index in [9.17, 15) is 4.79 Å². The second-order valence-electron chi connectivity index (χ2n) is 9.14. The van der Waals surface area contributed by atoms with Gasteiger partial charge in [-0.25, -0.2) is 0 Å². The topological polar surface area (TPSA) is 69.2 Å². The van der Waals surface area contributed by atoms with Crippen LogP contribution in [-0.2, 0) is 9.53 Å². The summed E-state index contributed by atoms with van der Waals surface area (Å²) >= 11 is 0. The summed E-state index contributed by atoms with van der Waals surface area (Å²) < 4.78 is 6.17. The Balaban J connectivity index is 1.26. The van der Waals surface area contributed by atoms with Crippen molar-refractivity contribution in [1.82, 2.24) is 20.4 Å². The van der Waals surface area contributed by atoms with E-state index in [4.69, 9.17) is 4.74 Å². The highest BCUT2D eigenvalue weighted by molar-refractivity contribution is 5.80. The summed E-state index contributed by atoms with van der Waals surface area (Å²) in [5.41, 5.74) is 2.55. The molecule has 2 unspecified atom stereocenters. The highest BCUT2D eigenvalue weighted by Gasteiger charge is 2.29. The number of nitrogens with one attached hydrogen (secondary N) is 2. The van der Waals surface area contributed by atoms with Crippen molar-refractivity contribution in [2.45, 2.75) is 44.8 Å². The number of aryl methyl sites for hydroxylation is 1. The molecule has 2 N–H and O–H groups in total. The molecule has 170 valence electrons. The second kappa shape index (κ2) is 10.5. The summed E-state index contributed by atoms with van der Waals surface area (Å²) in [4.78, 5) is 21.1. The smallest absolute Gasteiger partial charge is 0.234 e. The van der Waals surface area contributed by atoms with E-state index in [-0.39, 0.29) is 12.0 Å². The van der Waals surface area contributed by atoms with Gasteiger partial charge in [0.25, 0.3) is 0 Å². The molecule has 2 atom stereocenters. The van der Waals surface area contributed by atoms with Crippen molar-refractivity contribution in [3.8, 4) is 0 Å². The monoisotopic (exact) mass is 427 g/mol. The number of carbonyl (C=O) groups excluding carboxylic acids is 1. The average molecular weight is 428 g/mol. The van der Waals surface area contributed by atoms with Crippen molar-refractivity contribution in [1.29, 1.82) is 0 Å². The number of hydrogen-bond donors (Lipinski definition) is 2. The van der Waals surface area contributed by atoms with E-state index in [1.54, 1.807) is 0 Å². The molecule has 31 heavy (non-hydrogen) atoms. The Morgan fingerprint density at radius 1 is 1.13 bits per heavy atom. The molecule has 4 rings (SSSR count). The zero-order valence-electron chi connectivity index (χ0n) is 19.0. The van der Waals surface area contributed by atoms with Gasteiger partial charge in [0.05, 0.1) is 12.6 Å². The molecular weight excluding hydrogens is 390 g/mol. The predicted octanol–water partition coefficient (Wildman–Crippen LogP) is 1.93. The maximum Gasteiger partial charge on any atom is 0.234 e. The molecule has 2 saturated heterocycles. The summed E-state index contributed by atoms with van der Waals surface area (Å²) in [6.07, 6.45) is 4.68. The maximum absolute atomic E-state index is 12.1. The van der Waals surface area contributed by atoms with Crippen LogP contribution in [0.5, 0.6) is 0 Å². The van der Waals surface area contributed by atoms with E-state index in [0.717, 1.165) is 71.0 Å². The summed E-state index contributed by atoms with van der Waals surface area (Å²) in [5, 5.41) is 6.69. The number of carbonyl (C=O) groups is 1. The van der Waals surface area contributed by atoms with Crippen molar-refractivity contribution in [3.05, 3.63) is 35.4 Å². The Morgan fingerprint density at radius 3 is 2.55 bits per heavy atom. The molecule has 7 nitrogen and oxygen atoms in total. The molecule has 2 aliphatic heterocycles. The predicted molar refractivity (Wildman–Crippen MR) is 123 cm³/mol. The van der Waals surface area contributed by atoms with E-state index >= 15 is 0 Å². The molecule has 0 bridgehead atoms. The summed E-state index contributed by atoms with van der Waals surface area (Å²) in [6.45, 7) is 7.86. The van der Waals surface area contributed by atoms with Gasteiger partial charge in [0.2, 0.25) is 5.91 Å². The highest BCUT2D eigenvalue weighted by atomic mass is 16.5. The first-order valence-corrected chi connectivity index (χ1v) is 11.8. The van der Waals surface area contributed by atoms with Gasteiger partial charge in [0.1, 0.15) is 0 Å². The van der Waals surface area contributed by atoms with Gasteiger partial charge >= 0.3 is 0 Å². The maximum atomic E-state index is 12.1. The Hall–Kier alpha value is -2.12. The molecule has 0 aromatic heterocycles. The van der Waals surface area contributed by atoms with Crippen LogP contribution < -0.4 is 10.6 Å². The summed E-state index contributed by atoms with van der Waals surface area (Å²) in [6, 6.07) is 9.17. The zero-order chi connectivity index (χ0) is 21.6. The number of guanidine groups is 1. The molecule has 1 aromatic rings. The van der Waals surface area contributed by atoms with E-state index in [0.29, 0.717) is 18.5 Å². The fourth-order valence-corrected chi connectivity index (χ4v) is 4.55. The van der Waals surface area contributed by atoms with E-state index in [2.05, 4.69) is 56.6 Å².